The van der Waals surface area contributed by atoms with Gasteiger partial charge >= 0.3 is 15.7 Å². The summed E-state index contributed by atoms with van der Waals surface area (Å²) < 4.78 is 84.1. The summed E-state index contributed by atoms with van der Waals surface area (Å²) >= 11 is 0. The fraction of sp³-hybridized carbons (Fsp3) is 0.375. The average molecular weight is 364 g/mol. The van der Waals surface area contributed by atoms with Gasteiger partial charge in [0.05, 0.1) is 6.20 Å². The van der Waals surface area contributed by atoms with Crippen LogP contribution in [0.15, 0.2) is 31.1 Å². The zero-order valence-electron chi connectivity index (χ0n) is 10.9. The molecule has 2 rings (SSSR count). The quantitative estimate of drug-likeness (QED) is 0.490. The highest BCUT2D eigenvalue weighted by Gasteiger charge is 2.37. The van der Waals surface area contributed by atoms with Gasteiger partial charge in [0, 0.05) is 19.4 Å². The molecule has 0 radical (unpaired) electrons. The lowest BCUT2D eigenvalue weighted by molar-refractivity contribution is -0.710. The molecule has 126 valence electrons. The van der Waals surface area contributed by atoms with Crippen molar-refractivity contribution < 1.29 is 38.9 Å². The highest BCUT2D eigenvalue weighted by molar-refractivity contribution is 7.86. The highest BCUT2D eigenvalue weighted by atomic mass is 32.2. The predicted octanol–water partition coefficient (Wildman–Crippen LogP) is -1.71. The van der Waals surface area contributed by atoms with E-state index in [9.17, 15) is 21.6 Å². The van der Waals surface area contributed by atoms with E-state index in [0.29, 0.717) is 11.0 Å². The third-order valence-electron chi connectivity index (χ3n) is 2.29. The van der Waals surface area contributed by atoms with Gasteiger partial charge in [0.2, 0.25) is 0 Å². The molecule has 22 heavy (non-hydrogen) atoms. The molecular weight excluding hydrogens is 353 g/mol. The van der Waals surface area contributed by atoms with Crippen molar-refractivity contribution in [3.63, 3.8) is 0 Å². The number of quaternary nitrogens is 1. The molecule has 1 N–H and O–H groups in total. The Bertz CT molecular complexity index is 726. The van der Waals surface area contributed by atoms with Crippen LogP contribution in [0.3, 0.4) is 0 Å². The van der Waals surface area contributed by atoms with Gasteiger partial charge in [-0.25, -0.2) is 13.4 Å². The molecule has 1 atom stereocenters. The van der Waals surface area contributed by atoms with Crippen molar-refractivity contribution in [1.82, 2.24) is 13.9 Å². The fourth-order valence-electron chi connectivity index (χ4n) is 1.25. The third-order valence-corrected chi connectivity index (χ3v) is 4.56. The smallest absolute Gasteiger partial charge is 0.485 e. The Morgan fingerprint density at radius 2 is 1.82 bits per heavy atom. The number of nitrogens with one attached hydrogen (secondary N) is 1. The first-order chi connectivity index (χ1) is 9.85. The summed E-state index contributed by atoms with van der Waals surface area (Å²) in [7, 11) is -7.65. The van der Waals surface area contributed by atoms with Crippen LogP contribution >= 0.6 is 0 Å². The van der Waals surface area contributed by atoms with E-state index < -0.39 is 25.8 Å². The number of aromatic nitrogens is 2. The second-order valence-corrected chi connectivity index (χ2v) is 7.26. The molecule has 1 aliphatic heterocycles. The van der Waals surface area contributed by atoms with Crippen LogP contribution in [0.25, 0.3) is 0 Å². The van der Waals surface area contributed by atoms with Crippen LogP contribution in [0.1, 0.15) is 0 Å². The van der Waals surface area contributed by atoms with E-state index in [1.807, 2.05) is 11.9 Å². The molecule has 0 saturated heterocycles. The molecule has 0 aliphatic carbocycles. The molecule has 2 heterocycles. The minimum atomic E-state index is -6.09. The summed E-state index contributed by atoms with van der Waals surface area (Å²) in [5.74, 6) is 0. The van der Waals surface area contributed by atoms with E-state index in [1.165, 1.54) is 18.7 Å². The van der Waals surface area contributed by atoms with Gasteiger partial charge in [0.15, 0.2) is 16.8 Å². The molecule has 1 unspecified atom stereocenters. The monoisotopic (exact) mass is 364 g/mol. The third kappa shape index (κ3) is 4.43. The molecule has 14 heteroatoms. The number of alkyl halides is 3. The van der Waals surface area contributed by atoms with E-state index in [2.05, 4.69) is 4.98 Å². The molecule has 0 aromatic carbocycles. The zero-order valence-corrected chi connectivity index (χ0v) is 12.6. The second kappa shape index (κ2) is 6.23. The van der Waals surface area contributed by atoms with Crippen LogP contribution < -0.4 is 4.31 Å². The van der Waals surface area contributed by atoms with Gasteiger partial charge in [-0.2, -0.15) is 29.9 Å². The lowest BCUT2D eigenvalue weighted by atomic mass is 10.9. The second-order valence-electron chi connectivity index (χ2n) is 3.99. The Morgan fingerprint density at radius 3 is 2.14 bits per heavy atom. The van der Waals surface area contributed by atoms with E-state index in [-0.39, 0.29) is 0 Å². The molecule has 0 spiro atoms. The maximum atomic E-state index is 11.8. The van der Waals surface area contributed by atoms with Gasteiger partial charge < -0.3 is 9.45 Å². The largest absolute Gasteiger partial charge is 0.741 e. The molecule has 9 nitrogen and oxygen atoms in total. The minimum Gasteiger partial charge on any atom is -0.741 e. The van der Waals surface area contributed by atoms with Gasteiger partial charge in [-0.1, -0.05) is 0 Å². The van der Waals surface area contributed by atoms with Crippen molar-refractivity contribution in [3.05, 3.63) is 31.1 Å². The average Bonchev–Trinajstić information content (AvgIpc) is 2.97. The summed E-state index contributed by atoms with van der Waals surface area (Å²) in [6, 6.07) is 0. The van der Waals surface area contributed by atoms with Gasteiger partial charge in [-0.15, -0.1) is 0 Å². The standard InChI is InChI=1S/C7H10N4O2S.CHF3O3S/c1-9-4-5-11(7-9)14(12,13)10-3-2-8-6-10;2-1(3,4)8(5,6)7/h2-6H,7H2,1H3;(H,5,6,7). The number of hydrogen-bond acceptors (Lipinski definition) is 7. The predicted molar refractivity (Wildman–Crippen MR) is 65.0 cm³/mol. The Hall–Kier alpha value is -1.64. The zero-order chi connectivity index (χ0) is 17.2. The van der Waals surface area contributed by atoms with Crippen LogP contribution in [-0.2, 0) is 20.3 Å². The van der Waals surface area contributed by atoms with Crippen LogP contribution in [0.4, 0.5) is 13.2 Å². The van der Waals surface area contributed by atoms with E-state index >= 15 is 0 Å². The molecule has 1 aromatic heterocycles. The Morgan fingerprint density at radius 1 is 1.27 bits per heavy atom. The molecule has 1 aliphatic rings. The fourth-order valence-corrected chi connectivity index (χ4v) is 2.52. The minimum absolute atomic E-state index is 0.387. The molecule has 0 amide bonds. The van der Waals surface area contributed by atoms with Crippen molar-refractivity contribution in [3.8, 4) is 0 Å². The number of imidazole rings is 1. The maximum absolute atomic E-state index is 11.8. The Kier molecular flexibility index (Phi) is 5.21. The highest BCUT2D eigenvalue weighted by Crippen LogP contribution is 2.20. The topological polar surface area (TPSA) is 117 Å². The van der Waals surface area contributed by atoms with Crippen LogP contribution in [0.2, 0.25) is 0 Å². The molecule has 0 bridgehead atoms. The van der Waals surface area contributed by atoms with E-state index in [4.69, 9.17) is 13.0 Å². The van der Waals surface area contributed by atoms with Crippen molar-refractivity contribution in [2.45, 2.75) is 5.51 Å². The van der Waals surface area contributed by atoms with E-state index in [1.54, 1.807) is 12.4 Å². The van der Waals surface area contributed by atoms with Crippen molar-refractivity contribution in [1.29, 1.82) is 0 Å². The molecule has 0 fully saturated rings. The van der Waals surface area contributed by atoms with Gasteiger partial charge in [-0.3, -0.25) is 0 Å². The van der Waals surface area contributed by atoms with E-state index in [0.717, 1.165) is 3.97 Å². The SMILES string of the molecule is CN1C=C[NH+](S(=O)(=O)n2ccnc2)C1.O=S(=O)([O-])C(F)(F)F. The van der Waals surface area contributed by atoms with Gasteiger partial charge in [0.1, 0.15) is 12.5 Å². The summed E-state index contributed by atoms with van der Waals surface area (Å²) in [4.78, 5) is 5.52. The summed E-state index contributed by atoms with van der Waals surface area (Å²) in [6.45, 7) is 0.417. The van der Waals surface area contributed by atoms with Crippen molar-refractivity contribution in [2.24, 2.45) is 0 Å². The first-order valence-electron chi connectivity index (χ1n) is 5.35. The lowest BCUT2D eigenvalue weighted by Crippen LogP contribution is -3.09. The number of hydrogen-bond donors (Lipinski definition) is 1. The van der Waals surface area contributed by atoms with Crippen LogP contribution in [0.5, 0.6) is 0 Å². The van der Waals surface area contributed by atoms with Crippen molar-refractivity contribution in [2.75, 3.05) is 13.7 Å². The number of rotatable bonds is 2. The Labute approximate surface area is 124 Å². The number of nitrogens with zero attached hydrogens (tertiary/aromatic N) is 3. The summed E-state index contributed by atoms with van der Waals surface area (Å²) in [5.41, 5.74) is -5.65. The summed E-state index contributed by atoms with van der Waals surface area (Å²) in [6.07, 6.45) is 7.50. The van der Waals surface area contributed by atoms with Gasteiger partial charge in [-0.05, 0) is 0 Å². The number of halogens is 3. The Balaban J connectivity index is 0.000000261. The maximum Gasteiger partial charge on any atom is 0.485 e. The van der Waals surface area contributed by atoms with Crippen LogP contribution in [-0.4, -0.2) is 54.5 Å². The first-order valence-corrected chi connectivity index (χ1v) is 8.20. The van der Waals surface area contributed by atoms with Crippen LogP contribution in [0, 0.1) is 0 Å². The molecular formula is C8H11F3N4O5S2. The normalized spacial score (nSPS) is 19.0. The lowest BCUT2D eigenvalue weighted by Gasteiger charge is -2.12. The first kappa shape index (κ1) is 18.4. The molecule has 0 saturated carbocycles. The van der Waals surface area contributed by atoms with Gasteiger partial charge in [0.25, 0.3) is 0 Å². The van der Waals surface area contributed by atoms with Crippen molar-refractivity contribution >= 4 is 20.3 Å². The summed E-state index contributed by atoms with van der Waals surface area (Å²) in [5, 5.41) is 0. The molecule has 1 aromatic rings.